The minimum atomic E-state index is -1.17. The first-order valence-electron chi connectivity index (χ1n) is 4.34. The topological polar surface area (TPSA) is 118 Å². The van der Waals surface area contributed by atoms with E-state index in [0.29, 0.717) is 0 Å². The first-order chi connectivity index (χ1) is 7.34. The van der Waals surface area contributed by atoms with Crippen LogP contribution in [-0.2, 0) is 14.4 Å². The molecule has 0 fully saturated rings. The van der Waals surface area contributed by atoms with Crippen LogP contribution < -0.4 is 5.73 Å². The van der Waals surface area contributed by atoms with E-state index in [0.717, 1.165) is 0 Å². The highest BCUT2D eigenvalue weighted by Gasteiger charge is 2.12. The molecular weight excluding hydrogens is 214 g/mol. The Labute approximate surface area is 93.1 Å². The molecule has 0 aromatic rings. The molecule has 0 radical (unpaired) electrons. The molecule has 0 aliphatic carbocycles. The zero-order valence-electron chi connectivity index (χ0n) is 8.76. The molecule has 0 aliphatic heterocycles. The molecule has 0 amide bonds. The number of carboxylic acids is 2. The van der Waals surface area contributed by atoms with Crippen LogP contribution in [0.5, 0.6) is 0 Å². The molecule has 0 saturated carbocycles. The van der Waals surface area contributed by atoms with E-state index in [4.69, 9.17) is 15.9 Å². The average molecular weight is 229 g/mol. The van der Waals surface area contributed by atoms with E-state index in [2.05, 4.69) is 13.2 Å². The van der Waals surface area contributed by atoms with Crippen molar-refractivity contribution in [3.8, 4) is 0 Å². The summed E-state index contributed by atoms with van der Waals surface area (Å²) in [5.74, 6) is -2.33. The molecule has 1 atom stereocenters. The molecule has 90 valence electrons. The zero-order chi connectivity index (χ0) is 13.1. The molecule has 0 saturated heterocycles. The Kier molecular flexibility index (Phi) is 9.89. The fraction of sp³-hybridized carbons (Fsp3) is 0.300. The van der Waals surface area contributed by atoms with Gasteiger partial charge in [0, 0.05) is 6.42 Å². The van der Waals surface area contributed by atoms with Crippen LogP contribution in [-0.4, -0.2) is 34.0 Å². The van der Waals surface area contributed by atoms with Crippen molar-refractivity contribution in [1.82, 2.24) is 0 Å². The van der Waals surface area contributed by atoms with Crippen LogP contribution in [0.3, 0.4) is 0 Å². The van der Waals surface area contributed by atoms with Gasteiger partial charge in [-0.05, 0) is 18.6 Å². The highest BCUT2D eigenvalue weighted by Crippen LogP contribution is 1.93. The third-order valence-corrected chi connectivity index (χ3v) is 1.39. The Morgan fingerprint density at radius 2 is 1.62 bits per heavy atom. The average Bonchev–Trinajstić information content (AvgIpc) is 2.25. The maximum absolute atomic E-state index is 9.99. The minimum Gasteiger partial charge on any atom is -0.481 e. The third-order valence-electron chi connectivity index (χ3n) is 1.39. The summed E-state index contributed by atoms with van der Waals surface area (Å²) in [7, 11) is 0. The van der Waals surface area contributed by atoms with Gasteiger partial charge in [-0.25, -0.2) is 0 Å². The van der Waals surface area contributed by atoms with Crippen LogP contribution in [0.15, 0.2) is 25.3 Å². The number of carbonyl (C=O) groups is 3. The van der Waals surface area contributed by atoms with Crippen LogP contribution in [0.25, 0.3) is 0 Å². The number of rotatable bonds is 6. The lowest BCUT2D eigenvalue weighted by atomic mass is 10.2. The molecule has 16 heavy (non-hydrogen) atoms. The predicted molar refractivity (Wildman–Crippen MR) is 57.9 cm³/mol. The first-order valence-corrected chi connectivity index (χ1v) is 4.34. The van der Waals surface area contributed by atoms with Gasteiger partial charge in [0.15, 0.2) is 5.78 Å². The SMILES string of the molecule is C=CC(=O)C=C.N[C@@H](CCC(=O)O)C(=O)O. The molecule has 0 spiro atoms. The molecule has 6 heteroatoms. The lowest BCUT2D eigenvalue weighted by molar-refractivity contribution is -0.139. The highest BCUT2D eigenvalue weighted by molar-refractivity contribution is 5.98. The van der Waals surface area contributed by atoms with Crippen LogP contribution >= 0.6 is 0 Å². The summed E-state index contributed by atoms with van der Waals surface area (Å²) >= 11 is 0. The molecule has 0 aromatic carbocycles. The second-order valence-electron chi connectivity index (χ2n) is 2.69. The normalized spacial score (nSPS) is 10.3. The van der Waals surface area contributed by atoms with Crippen LogP contribution in [0.1, 0.15) is 12.8 Å². The van der Waals surface area contributed by atoms with E-state index >= 15 is 0 Å². The molecule has 0 bridgehead atoms. The van der Waals surface area contributed by atoms with E-state index in [1.54, 1.807) is 0 Å². The maximum atomic E-state index is 9.99. The fourth-order valence-corrected chi connectivity index (χ4v) is 0.486. The molecule has 0 unspecified atom stereocenters. The van der Waals surface area contributed by atoms with Gasteiger partial charge in [-0.3, -0.25) is 14.4 Å². The predicted octanol–water partition coefficient (Wildman–Crippen LogP) is 0.191. The Morgan fingerprint density at radius 1 is 1.19 bits per heavy atom. The van der Waals surface area contributed by atoms with Crippen molar-refractivity contribution in [3.63, 3.8) is 0 Å². The Morgan fingerprint density at radius 3 is 1.81 bits per heavy atom. The number of aliphatic carboxylic acids is 2. The van der Waals surface area contributed by atoms with Gasteiger partial charge >= 0.3 is 11.9 Å². The van der Waals surface area contributed by atoms with Gasteiger partial charge < -0.3 is 15.9 Å². The van der Waals surface area contributed by atoms with Gasteiger partial charge in [0.25, 0.3) is 0 Å². The quantitative estimate of drug-likeness (QED) is 0.559. The standard InChI is InChI=1S/C5H9NO4.C5H6O/c6-3(5(9)10)1-2-4(7)8;1-3-5(6)4-2/h3H,1-2,6H2,(H,7,8)(H,9,10);3-4H,1-2H2/t3-;/m0./s1. The summed E-state index contributed by atoms with van der Waals surface area (Å²) in [6, 6.07) is -1.06. The van der Waals surface area contributed by atoms with E-state index in [-0.39, 0.29) is 18.6 Å². The van der Waals surface area contributed by atoms with Crippen molar-refractivity contribution >= 4 is 17.7 Å². The number of carboxylic acid groups (broad SMARTS) is 2. The van der Waals surface area contributed by atoms with Crippen molar-refractivity contribution in [2.75, 3.05) is 0 Å². The van der Waals surface area contributed by atoms with Crippen LogP contribution in [0, 0.1) is 0 Å². The summed E-state index contributed by atoms with van der Waals surface area (Å²) in [4.78, 5) is 29.8. The minimum absolute atomic E-state index is 0.0231. The van der Waals surface area contributed by atoms with Crippen molar-refractivity contribution in [3.05, 3.63) is 25.3 Å². The van der Waals surface area contributed by atoms with Gasteiger partial charge in [-0.2, -0.15) is 0 Å². The second kappa shape index (κ2) is 9.60. The monoisotopic (exact) mass is 229 g/mol. The number of allylic oxidation sites excluding steroid dienone is 2. The van der Waals surface area contributed by atoms with Crippen molar-refractivity contribution < 1.29 is 24.6 Å². The van der Waals surface area contributed by atoms with Gasteiger partial charge in [0.2, 0.25) is 0 Å². The summed E-state index contributed by atoms with van der Waals surface area (Å²) < 4.78 is 0. The Balaban J connectivity index is 0. The van der Waals surface area contributed by atoms with E-state index in [9.17, 15) is 14.4 Å². The van der Waals surface area contributed by atoms with Crippen molar-refractivity contribution in [2.24, 2.45) is 5.73 Å². The van der Waals surface area contributed by atoms with E-state index in [1.807, 2.05) is 0 Å². The van der Waals surface area contributed by atoms with Gasteiger partial charge in [0.1, 0.15) is 6.04 Å². The Bertz CT molecular complexity index is 275. The Hall–Kier alpha value is -1.95. The molecule has 0 aromatic heterocycles. The number of hydrogen-bond acceptors (Lipinski definition) is 4. The summed E-state index contributed by atoms with van der Waals surface area (Å²) in [6.45, 7) is 6.42. The summed E-state index contributed by atoms with van der Waals surface area (Å²) in [6.07, 6.45) is 2.21. The molecule has 6 nitrogen and oxygen atoms in total. The number of nitrogens with two attached hydrogens (primary N) is 1. The highest BCUT2D eigenvalue weighted by atomic mass is 16.4. The van der Waals surface area contributed by atoms with Crippen molar-refractivity contribution in [2.45, 2.75) is 18.9 Å². The zero-order valence-corrected chi connectivity index (χ0v) is 8.76. The summed E-state index contributed by atoms with van der Waals surface area (Å²) in [5, 5.41) is 16.3. The molecule has 0 aliphatic rings. The third kappa shape index (κ3) is 12.0. The summed E-state index contributed by atoms with van der Waals surface area (Å²) in [5.41, 5.74) is 5.00. The fourth-order valence-electron chi connectivity index (χ4n) is 0.486. The van der Waals surface area contributed by atoms with E-state index < -0.39 is 18.0 Å². The lowest BCUT2D eigenvalue weighted by Crippen LogP contribution is -2.30. The second-order valence-corrected chi connectivity index (χ2v) is 2.69. The molecular formula is C10H15NO5. The van der Waals surface area contributed by atoms with Crippen LogP contribution in [0.2, 0.25) is 0 Å². The number of hydrogen-bond donors (Lipinski definition) is 3. The van der Waals surface area contributed by atoms with Crippen molar-refractivity contribution in [1.29, 1.82) is 0 Å². The van der Waals surface area contributed by atoms with Gasteiger partial charge in [-0.1, -0.05) is 13.2 Å². The smallest absolute Gasteiger partial charge is 0.320 e. The molecule has 0 rings (SSSR count). The number of carbonyl (C=O) groups excluding carboxylic acids is 1. The van der Waals surface area contributed by atoms with E-state index in [1.165, 1.54) is 12.2 Å². The van der Waals surface area contributed by atoms with Gasteiger partial charge in [0.05, 0.1) is 0 Å². The maximum Gasteiger partial charge on any atom is 0.320 e. The van der Waals surface area contributed by atoms with Crippen LogP contribution in [0.4, 0.5) is 0 Å². The first kappa shape index (κ1) is 16.5. The van der Waals surface area contributed by atoms with Gasteiger partial charge in [-0.15, -0.1) is 0 Å². The molecule has 0 heterocycles. The largest absolute Gasteiger partial charge is 0.481 e. The number of ketones is 1. The lowest BCUT2D eigenvalue weighted by Gasteiger charge is -2.01. The molecule has 4 N–H and O–H groups in total.